The first-order valence-corrected chi connectivity index (χ1v) is 7.14. The molecule has 0 amide bonds. The topological polar surface area (TPSA) is 73.3 Å². The lowest BCUT2D eigenvalue weighted by atomic mass is 10.0. The van der Waals surface area contributed by atoms with E-state index in [9.17, 15) is 5.11 Å². The number of nitrogens with two attached hydrogens (primary N) is 1. The molecule has 20 heavy (non-hydrogen) atoms. The van der Waals surface area contributed by atoms with Gasteiger partial charge in [0.15, 0.2) is 0 Å². The van der Waals surface area contributed by atoms with Gasteiger partial charge < -0.3 is 15.6 Å². The number of methoxy groups -OCH3 is 1. The van der Waals surface area contributed by atoms with Crippen molar-refractivity contribution in [3.05, 3.63) is 45.1 Å². The fraction of sp³-hybridized carbons (Fsp3) is 0.308. The molecule has 0 bridgehead atoms. The first-order valence-electron chi connectivity index (χ1n) is 5.97. The molecule has 1 aromatic heterocycles. The van der Waals surface area contributed by atoms with Gasteiger partial charge in [-0.25, -0.2) is 0 Å². The molecule has 0 aliphatic heterocycles. The lowest BCUT2D eigenvalue weighted by Crippen LogP contribution is -2.14. The van der Waals surface area contributed by atoms with Crippen LogP contribution in [0.3, 0.4) is 0 Å². The summed E-state index contributed by atoms with van der Waals surface area (Å²) in [6, 6.07) is 5.31. The van der Waals surface area contributed by atoms with Crippen LogP contribution in [0.5, 0.6) is 0 Å². The number of aliphatic hydroxyl groups is 1. The zero-order valence-corrected chi connectivity index (χ0v) is 13.2. The molecule has 0 saturated carbocycles. The molecule has 1 atom stereocenters. The monoisotopic (exact) mass is 359 g/mol. The van der Waals surface area contributed by atoms with Crippen LogP contribution < -0.4 is 5.73 Å². The van der Waals surface area contributed by atoms with E-state index in [2.05, 4.69) is 21.0 Å². The molecule has 5 nitrogen and oxygen atoms in total. The second-order valence-corrected chi connectivity index (χ2v) is 5.59. The Morgan fingerprint density at radius 3 is 3.00 bits per heavy atom. The van der Waals surface area contributed by atoms with Crippen LogP contribution in [-0.2, 0) is 11.3 Å². The molecule has 7 heteroatoms. The van der Waals surface area contributed by atoms with Crippen LogP contribution in [0, 0.1) is 0 Å². The third kappa shape index (κ3) is 3.15. The molecule has 0 aliphatic rings. The maximum absolute atomic E-state index is 10.6. The summed E-state index contributed by atoms with van der Waals surface area (Å²) < 4.78 is 7.48. The van der Waals surface area contributed by atoms with Crippen molar-refractivity contribution in [3.63, 3.8) is 0 Å². The normalized spacial score (nSPS) is 12.6. The molecule has 3 N–H and O–H groups in total. The van der Waals surface area contributed by atoms with E-state index in [1.807, 2.05) is 6.07 Å². The number of hydrogen-bond acceptors (Lipinski definition) is 4. The van der Waals surface area contributed by atoms with Crippen molar-refractivity contribution in [2.75, 3.05) is 19.5 Å². The van der Waals surface area contributed by atoms with Gasteiger partial charge in [0.2, 0.25) is 0 Å². The summed E-state index contributed by atoms with van der Waals surface area (Å²) in [5, 5.41) is 15.1. The number of rotatable bonds is 5. The lowest BCUT2D eigenvalue weighted by molar-refractivity contribution is 0.171. The average molecular weight is 361 g/mol. The minimum absolute atomic E-state index is 0.396. The molecular formula is C13H15BrClN3O2. The Bertz CT molecular complexity index is 603. The standard InChI is InChI=1S/C13H15BrClN3O2/c1-20-5-4-18-12(10(15)7-17-18)13(19)9-6-8(14)2-3-11(9)16/h2-3,6-7,13,19H,4-5,16H2,1H3. The number of anilines is 1. The second kappa shape index (κ2) is 6.58. The zero-order chi connectivity index (χ0) is 14.7. The third-order valence-electron chi connectivity index (χ3n) is 2.94. The van der Waals surface area contributed by atoms with Gasteiger partial charge >= 0.3 is 0 Å². The molecule has 0 aliphatic carbocycles. The van der Waals surface area contributed by atoms with Gasteiger partial charge in [-0.2, -0.15) is 5.10 Å². The van der Waals surface area contributed by atoms with Gasteiger partial charge in [-0.15, -0.1) is 0 Å². The number of aromatic nitrogens is 2. The van der Waals surface area contributed by atoms with E-state index in [1.54, 1.807) is 23.9 Å². The zero-order valence-electron chi connectivity index (χ0n) is 10.9. The third-order valence-corrected chi connectivity index (χ3v) is 3.73. The maximum Gasteiger partial charge on any atom is 0.124 e. The number of hydrogen-bond donors (Lipinski definition) is 2. The Balaban J connectivity index is 2.39. The highest BCUT2D eigenvalue weighted by atomic mass is 79.9. The first-order chi connectivity index (χ1) is 9.54. The van der Waals surface area contributed by atoms with Crippen LogP contribution in [0.15, 0.2) is 28.9 Å². The van der Waals surface area contributed by atoms with Gasteiger partial charge in [0.25, 0.3) is 0 Å². The number of ether oxygens (including phenoxy) is 1. The van der Waals surface area contributed by atoms with E-state index in [1.165, 1.54) is 6.20 Å². The number of benzene rings is 1. The minimum Gasteiger partial charge on any atom is -0.398 e. The smallest absolute Gasteiger partial charge is 0.124 e. The summed E-state index contributed by atoms with van der Waals surface area (Å²) in [6.07, 6.45) is 0.559. The fourth-order valence-corrected chi connectivity index (χ4v) is 2.55. The predicted octanol–water partition coefficient (Wildman–Crippen LogP) is 2.61. The first kappa shape index (κ1) is 15.3. The van der Waals surface area contributed by atoms with Crippen molar-refractivity contribution < 1.29 is 9.84 Å². The van der Waals surface area contributed by atoms with E-state index in [-0.39, 0.29) is 0 Å². The Hall–Kier alpha value is -1.08. The number of nitrogens with zero attached hydrogens (tertiary/aromatic N) is 2. The van der Waals surface area contributed by atoms with Gasteiger partial charge in [-0.3, -0.25) is 4.68 Å². The molecule has 0 saturated heterocycles. The van der Waals surface area contributed by atoms with Crippen molar-refractivity contribution in [2.24, 2.45) is 0 Å². The highest BCUT2D eigenvalue weighted by molar-refractivity contribution is 9.10. The van der Waals surface area contributed by atoms with Crippen molar-refractivity contribution >= 4 is 33.2 Å². The van der Waals surface area contributed by atoms with E-state index in [4.69, 9.17) is 22.1 Å². The molecule has 1 unspecified atom stereocenters. The van der Waals surface area contributed by atoms with Crippen molar-refractivity contribution in [2.45, 2.75) is 12.6 Å². The highest BCUT2D eigenvalue weighted by Crippen LogP contribution is 2.32. The van der Waals surface area contributed by atoms with Gasteiger partial charge in [0.05, 0.1) is 30.1 Å². The van der Waals surface area contributed by atoms with E-state index >= 15 is 0 Å². The quantitative estimate of drug-likeness (QED) is 0.804. The van der Waals surface area contributed by atoms with Gasteiger partial charge in [-0.05, 0) is 18.2 Å². The molecule has 0 radical (unpaired) electrons. The summed E-state index contributed by atoms with van der Waals surface area (Å²) in [7, 11) is 1.60. The molecular weight excluding hydrogens is 346 g/mol. The molecule has 0 fully saturated rings. The Kier molecular flexibility index (Phi) is 5.04. The molecule has 2 aromatic rings. The lowest BCUT2D eigenvalue weighted by Gasteiger charge is -2.16. The van der Waals surface area contributed by atoms with Crippen molar-refractivity contribution in [1.29, 1.82) is 0 Å². The number of halogens is 2. The predicted molar refractivity (Wildman–Crippen MR) is 81.7 cm³/mol. The van der Waals surface area contributed by atoms with Gasteiger partial charge in [0.1, 0.15) is 6.10 Å². The molecule has 1 heterocycles. The average Bonchev–Trinajstić information content (AvgIpc) is 2.79. The number of nitrogen functional groups attached to an aromatic ring is 1. The van der Waals surface area contributed by atoms with Crippen LogP contribution >= 0.6 is 27.5 Å². The molecule has 2 rings (SSSR count). The van der Waals surface area contributed by atoms with Crippen molar-refractivity contribution in [1.82, 2.24) is 9.78 Å². The van der Waals surface area contributed by atoms with Crippen LogP contribution in [0.4, 0.5) is 5.69 Å². The molecule has 1 aromatic carbocycles. The van der Waals surface area contributed by atoms with Crippen LogP contribution in [0.2, 0.25) is 5.02 Å². The minimum atomic E-state index is -0.945. The summed E-state index contributed by atoms with van der Waals surface area (Å²) in [6.45, 7) is 0.981. The number of aliphatic hydroxyl groups excluding tert-OH is 1. The van der Waals surface area contributed by atoms with E-state index < -0.39 is 6.10 Å². The molecule has 108 valence electrons. The second-order valence-electron chi connectivity index (χ2n) is 4.27. The Morgan fingerprint density at radius 2 is 2.30 bits per heavy atom. The largest absolute Gasteiger partial charge is 0.398 e. The van der Waals surface area contributed by atoms with Gasteiger partial charge in [-0.1, -0.05) is 27.5 Å². The molecule has 0 spiro atoms. The Labute approximate surface area is 130 Å². The Morgan fingerprint density at radius 1 is 1.55 bits per heavy atom. The fourth-order valence-electron chi connectivity index (χ4n) is 1.93. The van der Waals surface area contributed by atoms with Crippen LogP contribution in [0.1, 0.15) is 17.4 Å². The SMILES string of the molecule is COCCn1ncc(Cl)c1C(O)c1cc(Br)ccc1N. The van der Waals surface area contributed by atoms with E-state index in [0.717, 1.165) is 4.47 Å². The highest BCUT2D eigenvalue weighted by Gasteiger charge is 2.22. The van der Waals surface area contributed by atoms with Crippen LogP contribution in [-0.4, -0.2) is 28.6 Å². The summed E-state index contributed by atoms with van der Waals surface area (Å²) >= 11 is 9.49. The maximum atomic E-state index is 10.6. The van der Waals surface area contributed by atoms with Crippen LogP contribution in [0.25, 0.3) is 0 Å². The summed E-state index contributed by atoms with van der Waals surface area (Å²) in [5.41, 5.74) is 7.51. The van der Waals surface area contributed by atoms with E-state index in [0.29, 0.717) is 35.1 Å². The summed E-state index contributed by atoms with van der Waals surface area (Å²) in [5.74, 6) is 0. The van der Waals surface area contributed by atoms with Gasteiger partial charge in [0, 0.05) is 22.8 Å². The van der Waals surface area contributed by atoms with Crippen molar-refractivity contribution in [3.8, 4) is 0 Å². The summed E-state index contributed by atoms with van der Waals surface area (Å²) in [4.78, 5) is 0.